The van der Waals surface area contributed by atoms with E-state index < -0.39 is 5.97 Å². The molecule has 1 aliphatic rings. The van der Waals surface area contributed by atoms with Crippen molar-refractivity contribution in [3.8, 4) is 0 Å². The van der Waals surface area contributed by atoms with Crippen molar-refractivity contribution in [2.75, 3.05) is 25.1 Å². The third kappa shape index (κ3) is 4.55. The van der Waals surface area contributed by atoms with Crippen molar-refractivity contribution in [3.05, 3.63) is 0 Å². The molecule has 0 aromatic carbocycles. The van der Waals surface area contributed by atoms with Crippen LogP contribution in [0.1, 0.15) is 13.3 Å². The van der Waals surface area contributed by atoms with Gasteiger partial charge in [0, 0.05) is 13.6 Å². The standard InChI is InChI=1S/C10H17NO3S/c1-7-3-8(7)4-11(2)9(12)5-15-6-10(13)14/h7-8H,3-6H2,1-2H3,(H,13,14). The molecule has 1 rings (SSSR count). The summed E-state index contributed by atoms with van der Waals surface area (Å²) in [5.41, 5.74) is 0. The van der Waals surface area contributed by atoms with Crippen LogP contribution >= 0.6 is 11.8 Å². The van der Waals surface area contributed by atoms with Crippen molar-refractivity contribution >= 4 is 23.6 Å². The number of hydrogen-bond acceptors (Lipinski definition) is 3. The maximum atomic E-state index is 11.5. The van der Waals surface area contributed by atoms with Gasteiger partial charge in [0.05, 0.1) is 11.5 Å². The molecule has 0 radical (unpaired) electrons. The third-order valence-corrected chi connectivity index (χ3v) is 3.56. The van der Waals surface area contributed by atoms with Crippen molar-refractivity contribution in [1.29, 1.82) is 0 Å². The fourth-order valence-electron chi connectivity index (χ4n) is 1.44. The van der Waals surface area contributed by atoms with Crippen molar-refractivity contribution in [2.24, 2.45) is 11.8 Å². The molecule has 0 aromatic rings. The van der Waals surface area contributed by atoms with Gasteiger partial charge in [-0.2, -0.15) is 0 Å². The van der Waals surface area contributed by atoms with Crippen molar-refractivity contribution < 1.29 is 14.7 Å². The van der Waals surface area contributed by atoms with Crippen LogP contribution in [0, 0.1) is 11.8 Å². The molecule has 2 unspecified atom stereocenters. The number of amides is 1. The molecule has 0 aromatic heterocycles. The van der Waals surface area contributed by atoms with E-state index in [1.165, 1.54) is 6.42 Å². The van der Waals surface area contributed by atoms with Crippen LogP contribution in [-0.2, 0) is 9.59 Å². The van der Waals surface area contributed by atoms with Gasteiger partial charge in [0.2, 0.25) is 5.91 Å². The Balaban J connectivity index is 2.12. The molecule has 1 saturated carbocycles. The highest BCUT2D eigenvalue weighted by atomic mass is 32.2. The zero-order valence-electron chi connectivity index (χ0n) is 9.10. The fourth-order valence-corrected chi connectivity index (χ4v) is 2.11. The number of carbonyl (C=O) groups excluding carboxylic acids is 1. The van der Waals surface area contributed by atoms with Crippen LogP contribution in [0.15, 0.2) is 0 Å². The predicted molar refractivity (Wildman–Crippen MR) is 59.9 cm³/mol. The summed E-state index contributed by atoms with van der Waals surface area (Å²) < 4.78 is 0. The first-order chi connectivity index (χ1) is 7.00. The lowest BCUT2D eigenvalue weighted by Gasteiger charge is -2.16. The second kappa shape index (κ2) is 5.39. The number of aliphatic carboxylic acids is 1. The van der Waals surface area contributed by atoms with E-state index in [0.29, 0.717) is 5.92 Å². The summed E-state index contributed by atoms with van der Waals surface area (Å²) in [6, 6.07) is 0. The molecule has 0 spiro atoms. The number of thioether (sulfide) groups is 1. The third-order valence-electron chi connectivity index (χ3n) is 2.66. The minimum Gasteiger partial charge on any atom is -0.481 e. The van der Waals surface area contributed by atoms with E-state index >= 15 is 0 Å². The Morgan fingerprint density at radius 1 is 1.47 bits per heavy atom. The van der Waals surface area contributed by atoms with Crippen LogP contribution in [0.25, 0.3) is 0 Å². The SMILES string of the molecule is CC1CC1CN(C)C(=O)CSCC(=O)O. The number of hydrogen-bond donors (Lipinski definition) is 1. The summed E-state index contributed by atoms with van der Waals surface area (Å²) in [4.78, 5) is 23.5. The Kier molecular flexibility index (Phi) is 4.45. The molecule has 0 heterocycles. The van der Waals surface area contributed by atoms with E-state index in [1.807, 2.05) is 0 Å². The smallest absolute Gasteiger partial charge is 0.313 e. The number of carboxylic acids is 1. The first kappa shape index (κ1) is 12.4. The Bertz CT molecular complexity index is 257. The molecule has 1 aliphatic carbocycles. The molecule has 1 amide bonds. The average Bonchev–Trinajstić information content (AvgIpc) is 2.80. The van der Waals surface area contributed by atoms with Crippen LogP contribution in [0.4, 0.5) is 0 Å². The molecule has 0 bridgehead atoms. The average molecular weight is 231 g/mol. The largest absolute Gasteiger partial charge is 0.481 e. The summed E-state index contributed by atoms with van der Waals surface area (Å²) in [7, 11) is 1.79. The molecule has 86 valence electrons. The Labute approximate surface area is 94.0 Å². The molecule has 15 heavy (non-hydrogen) atoms. The monoisotopic (exact) mass is 231 g/mol. The maximum Gasteiger partial charge on any atom is 0.313 e. The predicted octanol–water partition coefficient (Wildman–Crippen LogP) is 0.919. The number of rotatable bonds is 6. The van der Waals surface area contributed by atoms with E-state index in [4.69, 9.17) is 5.11 Å². The van der Waals surface area contributed by atoms with Gasteiger partial charge in [0.1, 0.15) is 0 Å². The lowest BCUT2D eigenvalue weighted by Crippen LogP contribution is -2.30. The minimum atomic E-state index is -0.869. The Morgan fingerprint density at radius 3 is 2.53 bits per heavy atom. The highest BCUT2D eigenvalue weighted by Gasteiger charge is 2.33. The first-order valence-corrected chi connectivity index (χ1v) is 6.19. The zero-order valence-corrected chi connectivity index (χ0v) is 9.92. The van der Waals surface area contributed by atoms with Crippen LogP contribution in [0.5, 0.6) is 0 Å². The van der Waals surface area contributed by atoms with Gasteiger partial charge < -0.3 is 10.0 Å². The van der Waals surface area contributed by atoms with Crippen molar-refractivity contribution in [1.82, 2.24) is 4.90 Å². The summed E-state index contributed by atoms with van der Waals surface area (Å²) in [5.74, 6) is 0.825. The van der Waals surface area contributed by atoms with E-state index in [2.05, 4.69) is 6.92 Å². The summed E-state index contributed by atoms with van der Waals surface area (Å²) in [5, 5.41) is 8.41. The van der Waals surface area contributed by atoms with E-state index in [-0.39, 0.29) is 17.4 Å². The lowest BCUT2D eigenvalue weighted by atomic mass is 10.3. The van der Waals surface area contributed by atoms with Crippen LogP contribution in [0.3, 0.4) is 0 Å². The second-order valence-corrected chi connectivity index (χ2v) is 5.12. The maximum absolute atomic E-state index is 11.5. The van der Waals surface area contributed by atoms with Gasteiger partial charge in [-0.15, -0.1) is 11.8 Å². The number of nitrogens with zero attached hydrogens (tertiary/aromatic N) is 1. The van der Waals surface area contributed by atoms with Crippen LogP contribution < -0.4 is 0 Å². The summed E-state index contributed by atoms with van der Waals surface area (Å²) in [6.45, 7) is 3.00. The minimum absolute atomic E-state index is 0.000584. The van der Waals surface area contributed by atoms with Crippen molar-refractivity contribution in [3.63, 3.8) is 0 Å². The molecule has 5 heteroatoms. The van der Waals surface area contributed by atoms with Crippen LogP contribution in [0.2, 0.25) is 0 Å². The highest BCUT2D eigenvalue weighted by molar-refractivity contribution is 8.00. The van der Waals surface area contributed by atoms with Gasteiger partial charge in [-0.3, -0.25) is 9.59 Å². The quantitative estimate of drug-likeness (QED) is 0.738. The normalized spacial score (nSPS) is 23.6. The van der Waals surface area contributed by atoms with Crippen LogP contribution in [-0.4, -0.2) is 47.0 Å². The molecule has 1 N–H and O–H groups in total. The van der Waals surface area contributed by atoms with Gasteiger partial charge in [0.15, 0.2) is 0 Å². The molecule has 1 fully saturated rings. The summed E-state index contributed by atoms with van der Waals surface area (Å²) >= 11 is 1.16. The van der Waals surface area contributed by atoms with Gasteiger partial charge in [-0.05, 0) is 18.3 Å². The molecular formula is C10H17NO3S. The van der Waals surface area contributed by atoms with E-state index in [1.54, 1.807) is 11.9 Å². The number of carboxylic acid groups (broad SMARTS) is 1. The lowest BCUT2D eigenvalue weighted by molar-refractivity contribution is -0.133. The summed E-state index contributed by atoms with van der Waals surface area (Å²) in [6.07, 6.45) is 1.21. The van der Waals surface area contributed by atoms with Crippen molar-refractivity contribution in [2.45, 2.75) is 13.3 Å². The van der Waals surface area contributed by atoms with Gasteiger partial charge in [-0.25, -0.2) is 0 Å². The zero-order chi connectivity index (χ0) is 11.4. The molecule has 0 aliphatic heterocycles. The first-order valence-electron chi connectivity index (χ1n) is 5.04. The second-order valence-electron chi connectivity index (χ2n) is 4.13. The van der Waals surface area contributed by atoms with Gasteiger partial charge in [-0.1, -0.05) is 6.92 Å². The Hall–Kier alpha value is -0.710. The topological polar surface area (TPSA) is 57.6 Å². The highest BCUT2D eigenvalue weighted by Crippen LogP contribution is 2.37. The molecule has 0 saturated heterocycles. The molecule has 2 atom stereocenters. The Morgan fingerprint density at radius 2 is 2.07 bits per heavy atom. The fraction of sp³-hybridized carbons (Fsp3) is 0.800. The van der Waals surface area contributed by atoms with E-state index in [9.17, 15) is 9.59 Å². The van der Waals surface area contributed by atoms with Gasteiger partial charge >= 0.3 is 5.97 Å². The molecular weight excluding hydrogens is 214 g/mol. The molecule has 4 nitrogen and oxygen atoms in total. The van der Waals surface area contributed by atoms with E-state index in [0.717, 1.165) is 24.2 Å². The van der Waals surface area contributed by atoms with Gasteiger partial charge in [0.25, 0.3) is 0 Å². The number of carbonyl (C=O) groups is 2.